The fourth-order valence-corrected chi connectivity index (χ4v) is 1.79. The molecular formula is C9H19FN2. The van der Waals surface area contributed by atoms with Crippen LogP contribution in [0.5, 0.6) is 0 Å². The summed E-state index contributed by atoms with van der Waals surface area (Å²) in [6.45, 7) is 2.73. The summed E-state index contributed by atoms with van der Waals surface area (Å²) in [6, 6.07) is 0.612. The van der Waals surface area contributed by atoms with Gasteiger partial charge in [-0.3, -0.25) is 0 Å². The predicted molar refractivity (Wildman–Crippen MR) is 49.1 cm³/mol. The van der Waals surface area contributed by atoms with Crippen LogP contribution in [0.4, 0.5) is 4.39 Å². The van der Waals surface area contributed by atoms with Crippen LogP contribution in [-0.4, -0.2) is 55.7 Å². The summed E-state index contributed by atoms with van der Waals surface area (Å²) in [5.74, 6) is 0. The third-order valence-electron chi connectivity index (χ3n) is 2.88. The molecule has 2 unspecified atom stereocenters. The van der Waals surface area contributed by atoms with Crippen LogP contribution in [0.25, 0.3) is 0 Å². The van der Waals surface area contributed by atoms with Gasteiger partial charge in [0.1, 0.15) is 6.17 Å². The number of likely N-dealkylation sites (tertiary alicyclic amines) is 1. The standard InChI is InChI=1S/C9H19FN2/c1-7-5-9(11(2)3)8(10)6-12(7)4/h7-9H,5-6H2,1-4H3/t7-,8?,9?/m0/s1. The Hall–Kier alpha value is -0.150. The molecule has 2 nitrogen and oxygen atoms in total. The lowest BCUT2D eigenvalue weighted by atomic mass is 9.96. The summed E-state index contributed by atoms with van der Waals surface area (Å²) in [4.78, 5) is 4.08. The molecule has 1 rings (SSSR count). The first-order valence-corrected chi connectivity index (χ1v) is 4.53. The minimum absolute atomic E-state index is 0.108. The van der Waals surface area contributed by atoms with Gasteiger partial charge in [0.25, 0.3) is 0 Å². The number of halogens is 1. The summed E-state index contributed by atoms with van der Waals surface area (Å²) >= 11 is 0. The highest BCUT2D eigenvalue weighted by Gasteiger charge is 2.32. The predicted octanol–water partition coefficient (Wildman–Crippen LogP) is 0.979. The molecule has 0 aromatic heterocycles. The number of piperidine rings is 1. The Kier molecular flexibility index (Phi) is 3.07. The number of nitrogens with zero attached hydrogens (tertiary/aromatic N) is 2. The van der Waals surface area contributed by atoms with E-state index in [4.69, 9.17) is 0 Å². The summed E-state index contributed by atoms with van der Waals surface area (Å²) in [7, 11) is 5.90. The van der Waals surface area contributed by atoms with Gasteiger partial charge in [-0.25, -0.2) is 4.39 Å². The van der Waals surface area contributed by atoms with Crippen LogP contribution in [0.15, 0.2) is 0 Å². The molecular weight excluding hydrogens is 155 g/mol. The minimum atomic E-state index is -0.693. The first-order valence-electron chi connectivity index (χ1n) is 4.53. The molecule has 0 saturated carbocycles. The van der Waals surface area contributed by atoms with Crippen LogP contribution in [0.1, 0.15) is 13.3 Å². The Bertz CT molecular complexity index is 149. The second-order valence-electron chi connectivity index (χ2n) is 4.07. The molecule has 1 fully saturated rings. The van der Waals surface area contributed by atoms with Gasteiger partial charge in [-0.1, -0.05) is 0 Å². The molecule has 0 aromatic rings. The average Bonchev–Trinajstić information content (AvgIpc) is 1.96. The van der Waals surface area contributed by atoms with E-state index in [1.54, 1.807) is 0 Å². The monoisotopic (exact) mass is 174 g/mol. The van der Waals surface area contributed by atoms with Gasteiger partial charge >= 0.3 is 0 Å². The quantitative estimate of drug-likeness (QED) is 0.584. The van der Waals surface area contributed by atoms with Crippen molar-refractivity contribution in [3.63, 3.8) is 0 Å². The maximum atomic E-state index is 13.4. The fourth-order valence-electron chi connectivity index (χ4n) is 1.79. The van der Waals surface area contributed by atoms with Crippen LogP contribution >= 0.6 is 0 Å². The molecule has 3 atom stereocenters. The lowest BCUT2D eigenvalue weighted by Crippen LogP contribution is -2.52. The second kappa shape index (κ2) is 3.71. The lowest BCUT2D eigenvalue weighted by Gasteiger charge is -2.40. The van der Waals surface area contributed by atoms with Crippen molar-refractivity contribution in [1.29, 1.82) is 0 Å². The first kappa shape index (κ1) is 9.93. The Morgan fingerprint density at radius 2 is 2.00 bits per heavy atom. The van der Waals surface area contributed by atoms with E-state index in [0.717, 1.165) is 6.42 Å². The van der Waals surface area contributed by atoms with Crippen molar-refractivity contribution >= 4 is 0 Å². The molecule has 1 aliphatic rings. The van der Waals surface area contributed by atoms with E-state index in [0.29, 0.717) is 12.6 Å². The summed E-state index contributed by atoms with van der Waals surface area (Å²) in [6.07, 6.45) is 0.242. The lowest BCUT2D eigenvalue weighted by molar-refractivity contribution is 0.0407. The highest BCUT2D eigenvalue weighted by atomic mass is 19.1. The number of hydrogen-bond donors (Lipinski definition) is 0. The topological polar surface area (TPSA) is 6.48 Å². The molecule has 0 amide bonds. The molecule has 0 bridgehead atoms. The molecule has 0 radical (unpaired) electrons. The fraction of sp³-hybridized carbons (Fsp3) is 1.00. The Balaban J connectivity index is 2.55. The minimum Gasteiger partial charge on any atom is -0.303 e. The van der Waals surface area contributed by atoms with Gasteiger partial charge in [-0.05, 0) is 34.5 Å². The Morgan fingerprint density at radius 1 is 1.42 bits per heavy atom. The van der Waals surface area contributed by atoms with Gasteiger partial charge in [0.2, 0.25) is 0 Å². The van der Waals surface area contributed by atoms with Crippen LogP contribution in [0.2, 0.25) is 0 Å². The van der Waals surface area contributed by atoms with Gasteiger partial charge in [0.05, 0.1) is 0 Å². The van der Waals surface area contributed by atoms with Gasteiger partial charge < -0.3 is 9.80 Å². The van der Waals surface area contributed by atoms with Crippen molar-refractivity contribution in [2.45, 2.75) is 31.6 Å². The maximum Gasteiger partial charge on any atom is 0.128 e. The van der Waals surface area contributed by atoms with Gasteiger partial charge in [0.15, 0.2) is 0 Å². The summed E-state index contributed by atoms with van der Waals surface area (Å²) < 4.78 is 13.4. The Labute approximate surface area is 74.3 Å². The van der Waals surface area contributed by atoms with Crippen molar-refractivity contribution < 1.29 is 4.39 Å². The molecule has 0 aliphatic carbocycles. The molecule has 72 valence electrons. The van der Waals surface area contributed by atoms with Crippen molar-refractivity contribution in [3.05, 3.63) is 0 Å². The second-order valence-corrected chi connectivity index (χ2v) is 4.07. The van der Waals surface area contributed by atoms with Crippen LogP contribution in [0, 0.1) is 0 Å². The maximum absolute atomic E-state index is 13.4. The molecule has 1 aliphatic heterocycles. The zero-order valence-electron chi connectivity index (χ0n) is 8.42. The SMILES string of the molecule is C[C@H]1CC(N(C)C)C(F)CN1C. The van der Waals surface area contributed by atoms with E-state index in [1.165, 1.54) is 0 Å². The molecule has 1 saturated heterocycles. The van der Waals surface area contributed by atoms with Crippen LogP contribution in [-0.2, 0) is 0 Å². The third-order valence-corrected chi connectivity index (χ3v) is 2.88. The van der Waals surface area contributed by atoms with E-state index in [-0.39, 0.29) is 6.04 Å². The average molecular weight is 174 g/mol. The highest BCUT2D eigenvalue weighted by Crippen LogP contribution is 2.21. The van der Waals surface area contributed by atoms with Crippen molar-refractivity contribution in [1.82, 2.24) is 9.80 Å². The van der Waals surface area contributed by atoms with E-state index in [9.17, 15) is 4.39 Å². The van der Waals surface area contributed by atoms with Crippen molar-refractivity contribution in [3.8, 4) is 0 Å². The van der Waals surface area contributed by atoms with Crippen LogP contribution in [0.3, 0.4) is 0 Å². The number of alkyl halides is 1. The number of hydrogen-bond acceptors (Lipinski definition) is 2. The van der Waals surface area contributed by atoms with Gasteiger partial charge in [-0.15, -0.1) is 0 Å². The van der Waals surface area contributed by atoms with Crippen molar-refractivity contribution in [2.24, 2.45) is 0 Å². The first-order chi connectivity index (χ1) is 5.52. The molecule has 0 aromatic carbocycles. The van der Waals surface area contributed by atoms with Gasteiger partial charge in [0, 0.05) is 18.6 Å². The molecule has 0 N–H and O–H groups in total. The van der Waals surface area contributed by atoms with Crippen LogP contribution < -0.4 is 0 Å². The van der Waals surface area contributed by atoms with E-state index >= 15 is 0 Å². The normalized spacial score (nSPS) is 39.0. The summed E-state index contributed by atoms with van der Waals surface area (Å²) in [5.41, 5.74) is 0. The molecule has 0 spiro atoms. The van der Waals surface area contributed by atoms with Gasteiger partial charge in [-0.2, -0.15) is 0 Å². The zero-order valence-corrected chi connectivity index (χ0v) is 8.42. The summed E-state index contributed by atoms with van der Waals surface area (Å²) in [5, 5.41) is 0. The number of rotatable bonds is 1. The smallest absolute Gasteiger partial charge is 0.128 e. The highest BCUT2D eigenvalue weighted by molar-refractivity contribution is 4.88. The van der Waals surface area contributed by atoms with Crippen molar-refractivity contribution in [2.75, 3.05) is 27.7 Å². The van der Waals surface area contributed by atoms with E-state index < -0.39 is 6.17 Å². The molecule has 12 heavy (non-hydrogen) atoms. The third kappa shape index (κ3) is 1.96. The Morgan fingerprint density at radius 3 is 2.50 bits per heavy atom. The largest absolute Gasteiger partial charge is 0.303 e. The molecule has 3 heteroatoms. The van der Waals surface area contributed by atoms with E-state index in [1.807, 2.05) is 26.0 Å². The van der Waals surface area contributed by atoms with E-state index in [2.05, 4.69) is 11.8 Å². The zero-order chi connectivity index (χ0) is 9.30. The molecule has 1 heterocycles.